The van der Waals surface area contributed by atoms with Crippen molar-refractivity contribution in [3.05, 3.63) is 36.4 Å². The summed E-state index contributed by atoms with van der Waals surface area (Å²) in [5.74, 6) is 0. The number of rotatable bonds is 4. The summed E-state index contributed by atoms with van der Waals surface area (Å²) in [6.07, 6.45) is 1.61. The molecule has 94 valence electrons. The Morgan fingerprint density at radius 3 is 3.22 bits per heavy atom. The number of carbonyl (C=O) groups excluding carboxylic acids is 1. The third kappa shape index (κ3) is 2.84. The standard InChI is InChI=1S/C12H13N3O2S/c1-3-6-13-12(16)15-18-11-9-7-8(2)4-5-10(9)17-14-11/h3-5,7H,1,6H2,2H3,(H2,13,15,16). The van der Waals surface area contributed by atoms with Crippen LogP contribution in [0.25, 0.3) is 11.0 Å². The Balaban J connectivity index is 2.05. The highest BCUT2D eigenvalue weighted by molar-refractivity contribution is 7.98. The fourth-order valence-electron chi connectivity index (χ4n) is 1.40. The fraction of sp³-hybridized carbons (Fsp3) is 0.167. The van der Waals surface area contributed by atoms with Gasteiger partial charge in [-0.1, -0.05) is 22.9 Å². The Morgan fingerprint density at radius 1 is 1.61 bits per heavy atom. The average Bonchev–Trinajstić information content (AvgIpc) is 2.76. The molecule has 0 fully saturated rings. The lowest BCUT2D eigenvalue weighted by atomic mass is 10.2. The van der Waals surface area contributed by atoms with Crippen LogP contribution in [0.3, 0.4) is 0 Å². The molecule has 0 aliphatic heterocycles. The number of hydrogen-bond acceptors (Lipinski definition) is 4. The maximum absolute atomic E-state index is 11.4. The van der Waals surface area contributed by atoms with Crippen LogP contribution < -0.4 is 10.0 Å². The van der Waals surface area contributed by atoms with Crippen LogP contribution >= 0.6 is 11.9 Å². The van der Waals surface area contributed by atoms with E-state index in [1.165, 1.54) is 0 Å². The molecule has 18 heavy (non-hydrogen) atoms. The van der Waals surface area contributed by atoms with Crippen molar-refractivity contribution in [1.29, 1.82) is 0 Å². The number of nitrogens with zero attached hydrogens (tertiary/aromatic N) is 1. The van der Waals surface area contributed by atoms with Gasteiger partial charge in [0.2, 0.25) is 0 Å². The van der Waals surface area contributed by atoms with Crippen LogP contribution in [0.1, 0.15) is 5.56 Å². The molecule has 2 N–H and O–H groups in total. The van der Waals surface area contributed by atoms with Gasteiger partial charge in [0.15, 0.2) is 10.6 Å². The van der Waals surface area contributed by atoms with Crippen molar-refractivity contribution in [3.8, 4) is 0 Å². The van der Waals surface area contributed by atoms with Crippen molar-refractivity contribution in [2.45, 2.75) is 11.9 Å². The number of amides is 2. The largest absolute Gasteiger partial charge is 0.355 e. The van der Waals surface area contributed by atoms with E-state index in [-0.39, 0.29) is 6.03 Å². The fourth-order valence-corrected chi connectivity index (χ4v) is 2.01. The van der Waals surface area contributed by atoms with E-state index in [1.807, 2.05) is 25.1 Å². The second-order valence-electron chi connectivity index (χ2n) is 3.69. The highest BCUT2D eigenvalue weighted by atomic mass is 32.2. The molecule has 0 saturated heterocycles. The smallest absolute Gasteiger partial charge is 0.325 e. The summed E-state index contributed by atoms with van der Waals surface area (Å²) in [6, 6.07) is 5.49. The summed E-state index contributed by atoms with van der Waals surface area (Å²) in [6.45, 7) is 5.93. The Labute approximate surface area is 109 Å². The maximum atomic E-state index is 11.4. The van der Waals surface area contributed by atoms with Crippen molar-refractivity contribution >= 4 is 28.9 Å². The summed E-state index contributed by atoms with van der Waals surface area (Å²) in [4.78, 5) is 11.4. The van der Waals surface area contributed by atoms with E-state index in [1.54, 1.807) is 6.08 Å². The molecule has 2 amide bonds. The highest BCUT2D eigenvalue weighted by Crippen LogP contribution is 2.26. The van der Waals surface area contributed by atoms with Gasteiger partial charge < -0.3 is 9.84 Å². The van der Waals surface area contributed by atoms with E-state index < -0.39 is 0 Å². The van der Waals surface area contributed by atoms with Crippen LogP contribution in [0.4, 0.5) is 4.79 Å². The highest BCUT2D eigenvalue weighted by Gasteiger charge is 2.10. The molecule has 0 spiro atoms. The normalized spacial score (nSPS) is 10.3. The summed E-state index contributed by atoms with van der Waals surface area (Å²) >= 11 is 1.12. The first kappa shape index (κ1) is 12.5. The van der Waals surface area contributed by atoms with E-state index in [9.17, 15) is 4.79 Å². The minimum Gasteiger partial charge on any atom is -0.355 e. The summed E-state index contributed by atoms with van der Waals surface area (Å²) in [5.41, 5.74) is 1.82. The zero-order valence-corrected chi connectivity index (χ0v) is 10.7. The van der Waals surface area contributed by atoms with E-state index in [0.717, 1.165) is 22.9 Å². The molecule has 2 aromatic rings. The molecule has 0 radical (unpaired) electrons. The predicted molar refractivity (Wildman–Crippen MR) is 71.3 cm³/mol. The van der Waals surface area contributed by atoms with E-state index in [0.29, 0.717) is 17.2 Å². The Morgan fingerprint density at radius 2 is 2.44 bits per heavy atom. The van der Waals surface area contributed by atoms with E-state index in [4.69, 9.17) is 4.52 Å². The summed E-state index contributed by atoms with van der Waals surface area (Å²) < 4.78 is 7.79. The molecular formula is C12H13N3O2S. The number of fused-ring (bicyclic) bond motifs is 1. The molecule has 0 unspecified atom stereocenters. The minimum atomic E-state index is -0.288. The van der Waals surface area contributed by atoms with Crippen molar-refractivity contribution < 1.29 is 9.32 Å². The van der Waals surface area contributed by atoms with Crippen LogP contribution in [0.2, 0.25) is 0 Å². The van der Waals surface area contributed by atoms with E-state index >= 15 is 0 Å². The van der Waals surface area contributed by atoms with Gasteiger partial charge in [0.1, 0.15) is 0 Å². The van der Waals surface area contributed by atoms with Crippen molar-refractivity contribution in [1.82, 2.24) is 15.2 Å². The van der Waals surface area contributed by atoms with Gasteiger partial charge in [0.05, 0.1) is 5.39 Å². The second kappa shape index (κ2) is 5.59. The van der Waals surface area contributed by atoms with Crippen LogP contribution in [0.15, 0.2) is 40.4 Å². The van der Waals surface area contributed by atoms with Gasteiger partial charge in [-0.3, -0.25) is 4.72 Å². The van der Waals surface area contributed by atoms with Gasteiger partial charge >= 0.3 is 6.03 Å². The van der Waals surface area contributed by atoms with Crippen LogP contribution in [-0.2, 0) is 0 Å². The molecule has 0 aliphatic rings. The van der Waals surface area contributed by atoms with Crippen LogP contribution in [0.5, 0.6) is 0 Å². The number of nitrogens with one attached hydrogen (secondary N) is 2. The van der Waals surface area contributed by atoms with Gasteiger partial charge in [0, 0.05) is 18.5 Å². The number of benzene rings is 1. The molecule has 0 saturated carbocycles. The third-order valence-corrected chi connectivity index (χ3v) is 3.01. The lowest BCUT2D eigenvalue weighted by Crippen LogP contribution is -2.31. The Kier molecular flexibility index (Phi) is 3.88. The topological polar surface area (TPSA) is 67.2 Å². The molecule has 1 aromatic carbocycles. The van der Waals surface area contributed by atoms with Gasteiger partial charge in [0.25, 0.3) is 0 Å². The molecule has 6 heteroatoms. The quantitative estimate of drug-likeness (QED) is 0.657. The van der Waals surface area contributed by atoms with Gasteiger partial charge in [-0.05, 0) is 19.1 Å². The molecule has 2 rings (SSSR count). The third-order valence-electron chi connectivity index (χ3n) is 2.24. The predicted octanol–water partition coefficient (Wildman–Crippen LogP) is 2.63. The average molecular weight is 263 g/mol. The zero-order chi connectivity index (χ0) is 13.0. The molecule has 0 bridgehead atoms. The van der Waals surface area contributed by atoms with Crippen molar-refractivity contribution in [2.75, 3.05) is 6.54 Å². The SMILES string of the molecule is C=CCNC(=O)NSc1noc2ccc(C)cc12. The Bertz CT molecular complexity index is 580. The lowest BCUT2D eigenvalue weighted by molar-refractivity contribution is 0.247. The summed E-state index contributed by atoms with van der Waals surface area (Å²) in [7, 11) is 0. The van der Waals surface area contributed by atoms with Crippen molar-refractivity contribution in [3.63, 3.8) is 0 Å². The van der Waals surface area contributed by atoms with E-state index in [2.05, 4.69) is 21.8 Å². The number of aromatic nitrogens is 1. The number of urea groups is 1. The minimum absolute atomic E-state index is 0.288. The number of carbonyl (C=O) groups is 1. The zero-order valence-electron chi connectivity index (χ0n) is 9.90. The molecule has 0 atom stereocenters. The van der Waals surface area contributed by atoms with Crippen LogP contribution in [-0.4, -0.2) is 17.7 Å². The molecular weight excluding hydrogens is 250 g/mol. The number of hydrogen-bond donors (Lipinski definition) is 2. The first-order valence-corrected chi connectivity index (χ1v) is 6.20. The van der Waals surface area contributed by atoms with Crippen LogP contribution in [0, 0.1) is 6.92 Å². The van der Waals surface area contributed by atoms with Crippen molar-refractivity contribution in [2.24, 2.45) is 0 Å². The monoisotopic (exact) mass is 263 g/mol. The first-order chi connectivity index (χ1) is 8.70. The van der Waals surface area contributed by atoms with Gasteiger partial charge in [-0.15, -0.1) is 6.58 Å². The molecule has 0 aliphatic carbocycles. The first-order valence-electron chi connectivity index (χ1n) is 5.38. The number of aryl methyl sites for hydroxylation is 1. The molecule has 1 aromatic heterocycles. The second-order valence-corrected chi connectivity index (χ2v) is 4.49. The Hall–Kier alpha value is -1.95. The van der Waals surface area contributed by atoms with Gasteiger partial charge in [-0.25, -0.2) is 4.79 Å². The maximum Gasteiger partial charge on any atom is 0.325 e. The lowest BCUT2D eigenvalue weighted by Gasteiger charge is -2.02. The molecule has 5 nitrogen and oxygen atoms in total. The summed E-state index contributed by atoms with van der Waals surface area (Å²) in [5, 5.41) is 8.05. The molecule has 1 heterocycles. The van der Waals surface area contributed by atoms with Gasteiger partial charge in [-0.2, -0.15) is 0 Å².